The summed E-state index contributed by atoms with van der Waals surface area (Å²) in [7, 11) is -3.65. The molecule has 3 atom stereocenters. The van der Waals surface area contributed by atoms with Crippen LogP contribution in [0, 0.1) is 5.92 Å². The molecule has 0 aromatic heterocycles. The Morgan fingerprint density at radius 1 is 1.20 bits per heavy atom. The number of hydrogen-bond acceptors (Lipinski definition) is 4. The molecule has 6 nitrogen and oxygen atoms in total. The summed E-state index contributed by atoms with van der Waals surface area (Å²) in [5.74, 6) is 0.229. The number of sulfonamides is 1. The molecule has 3 rings (SSSR count). The van der Waals surface area contributed by atoms with E-state index < -0.39 is 16.1 Å². The van der Waals surface area contributed by atoms with Crippen molar-refractivity contribution in [3.8, 4) is 0 Å². The highest BCUT2D eigenvalue weighted by atomic mass is 32.2. The van der Waals surface area contributed by atoms with Crippen LogP contribution in [0.2, 0.25) is 0 Å². The molecule has 0 saturated carbocycles. The molecule has 1 aromatic carbocycles. The standard InChI is InChI=1S/C18H27N3O3S/c1-14-10-11-19-13-16(14)20-18(22)17-9-5-6-12-21(17)25(23,24)15-7-3-2-4-8-15/h2-4,7-8,14,16-17,19H,5-6,9-13H2,1H3,(H,20,22). The molecule has 2 fully saturated rings. The predicted octanol–water partition coefficient (Wildman–Crippen LogP) is 1.34. The van der Waals surface area contributed by atoms with Gasteiger partial charge in [0.25, 0.3) is 0 Å². The summed E-state index contributed by atoms with van der Waals surface area (Å²) in [6.45, 7) is 4.23. The molecule has 1 amide bonds. The number of amides is 1. The Kier molecular flexibility index (Phi) is 5.76. The van der Waals surface area contributed by atoms with Gasteiger partial charge in [-0.1, -0.05) is 31.5 Å². The summed E-state index contributed by atoms with van der Waals surface area (Å²) >= 11 is 0. The topological polar surface area (TPSA) is 78.5 Å². The van der Waals surface area contributed by atoms with Crippen molar-refractivity contribution in [1.82, 2.24) is 14.9 Å². The molecule has 25 heavy (non-hydrogen) atoms. The van der Waals surface area contributed by atoms with Crippen LogP contribution in [0.1, 0.15) is 32.6 Å². The van der Waals surface area contributed by atoms with E-state index in [9.17, 15) is 13.2 Å². The van der Waals surface area contributed by atoms with E-state index in [0.717, 1.165) is 32.4 Å². The number of rotatable bonds is 4. The Hall–Kier alpha value is -1.44. The first-order chi connectivity index (χ1) is 12.0. The van der Waals surface area contributed by atoms with Crippen molar-refractivity contribution in [3.05, 3.63) is 30.3 Å². The largest absolute Gasteiger partial charge is 0.350 e. The molecule has 2 aliphatic heterocycles. The molecule has 7 heteroatoms. The molecule has 1 aromatic rings. The number of hydrogen-bond donors (Lipinski definition) is 2. The number of carbonyl (C=O) groups excluding carboxylic acids is 1. The summed E-state index contributed by atoms with van der Waals surface area (Å²) in [5, 5.41) is 6.38. The van der Waals surface area contributed by atoms with Crippen LogP contribution in [0.3, 0.4) is 0 Å². The second-order valence-electron chi connectivity index (χ2n) is 7.03. The number of nitrogens with one attached hydrogen (secondary N) is 2. The van der Waals surface area contributed by atoms with Crippen LogP contribution in [-0.2, 0) is 14.8 Å². The lowest BCUT2D eigenvalue weighted by molar-refractivity contribution is -0.126. The maximum Gasteiger partial charge on any atom is 0.243 e. The van der Waals surface area contributed by atoms with Gasteiger partial charge in [-0.3, -0.25) is 4.79 Å². The average Bonchev–Trinajstić information content (AvgIpc) is 2.64. The van der Waals surface area contributed by atoms with Gasteiger partial charge in [0.2, 0.25) is 15.9 Å². The number of piperidine rings is 2. The van der Waals surface area contributed by atoms with Crippen LogP contribution in [0.25, 0.3) is 0 Å². The summed E-state index contributed by atoms with van der Waals surface area (Å²) in [6, 6.07) is 7.83. The molecule has 2 saturated heterocycles. The molecule has 0 spiro atoms. The fourth-order valence-electron chi connectivity index (χ4n) is 3.64. The van der Waals surface area contributed by atoms with Gasteiger partial charge >= 0.3 is 0 Å². The Morgan fingerprint density at radius 3 is 2.68 bits per heavy atom. The van der Waals surface area contributed by atoms with Crippen molar-refractivity contribution >= 4 is 15.9 Å². The monoisotopic (exact) mass is 365 g/mol. The summed E-state index contributed by atoms with van der Waals surface area (Å²) in [5.41, 5.74) is 0. The van der Waals surface area contributed by atoms with Crippen LogP contribution >= 0.6 is 0 Å². The first-order valence-electron chi connectivity index (χ1n) is 9.08. The van der Waals surface area contributed by atoms with Crippen molar-refractivity contribution < 1.29 is 13.2 Å². The fourth-order valence-corrected chi connectivity index (χ4v) is 5.32. The Morgan fingerprint density at radius 2 is 1.96 bits per heavy atom. The van der Waals surface area contributed by atoms with Gasteiger partial charge in [0.15, 0.2) is 0 Å². The summed E-state index contributed by atoms with van der Waals surface area (Å²) < 4.78 is 27.4. The van der Waals surface area contributed by atoms with Crippen molar-refractivity contribution in [3.63, 3.8) is 0 Å². The van der Waals surface area contributed by atoms with Crippen LogP contribution in [0.15, 0.2) is 35.2 Å². The highest BCUT2D eigenvalue weighted by Gasteiger charge is 2.38. The predicted molar refractivity (Wildman–Crippen MR) is 96.6 cm³/mol. The molecule has 138 valence electrons. The molecule has 3 unspecified atom stereocenters. The van der Waals surface area contributed by atoms with E-state index in [1.165, 1.54) is 4.31 Å². The second-order valence-corrected chi connectivity index (χ2v) is 8.92. The molecule has 0 bridgehead atoms. The number of benzene rings is 1. The third-order valence-electron chi connectivity index (χ3n) is 5.26. The number of nitrogens with zero attached hydrogens (tertiary/aromatic N) is 1. The quantitative estimate of drug-likeness (QED) is 0.844. The number of carbonyl (C=O) groups is 1. The zero-order valence-corrected chi connectivity index (χ0v) is 15.5. The van der Waals surface area contributed by atoms with Gasteiger partial charge < -0.3 is 10.6 Å². The van der Waals surface area contributed by atoms with E-state index in [0.29, 0.717) is 18.9 Å². The summed E-state index contributed by atoms with van der Waals surface area (Å²) in [6.07, 6.45) is 3.25. The van der Waals surface area contributed by atoms with Crippen LogP contribution in [0.5, 0.6) is 0 Å². The van der Waals surface area contributed by atoms with E-state index >= 15 is 0 Å². The van der Waals surface area contributed by atoms with E-state index in [4.69, 9.17) is 0 Å². The maximum absolute atomic E-state index is 13.0. The Bertz CT molecular complexity index is 693. The van der Waals surface area contributed by atoms with Gasteiger partial charge in [-0.2, -0.15) is 4.31 Å². The molecule has 0 aliphatic carbocycles. The zero-order valence-electron chi connectivity index (χ0n) is 14.6. The maximum atomic E-state index is 13.0. The average molecular weight is 365 g/mol. The smallest absolute Gasteiger partial charge is 0.243 e. The third-order valence-corrected chi connectivity index (χ3v) is 7.18. The van der Waals surface area contributed by atoms with Crippen LogP contribution < -0.4 is 10.6 Å². The van der Waals surface area contributed by atoms with Gasteiger partial charge in [-0.05, 0) is 43.9 Å². The third kappa shape index (κ3) is 4.04. The van der Waals surface area contributed by atoms with Crippen molar-refractivity contribution in [2.75, 3.05) is 19.6 Å². The second kappa shape index (κ2) is 7.85. The van der Waals surface area contributed by atoms with Gasteiger partial charge in [0.1, 0.15) is 6.04 Å². The Balaban J connectivity index is 1.77. The molecular weight excluding hydrogens is 338 g/mol. The zero-order chi connectivity index (χ0) is 17.9. The van der Waals surface area contributed by atoms with Crippen molar-refractivity contribution in [2.24, 2.45) is 5.92 Å². The minimum Gasteiger partial charge on any atom is -0.350 e. The molecule has 2 aliphatic rings. The molecule has 0 radical (unpaired) electrons. The highest BCUT2D eigenvalue weighted by molar-refractivity contribution is 7.89. The van der Waals surface area contributed by atoms with E-state index in [1.54, 1.807) is 30.3 Å². The highest BCUT2D eigenvalue weighted by Crippen LogP contribution is 2.26. The first kappa shape index (κ1) is 18.4. The SMILES string of the molecule is CC1CCNCC1NC(=O)C1CCCCN1S(=O)(=O)c1ccccc1. The Labute approximate surface area is 150 Å². The first-order valence-corrected chi connectivity index (χ1v) is 10.5. The lowest BCUT2D eigenvalue weighted by atomic mass is 9.94. The van der Waals surface area contributed by atoms with Gasteiger partial charge in [-0.25, -0.2) is 8.42 Å². The lowest BCUT2D eigenvalue weighted by Gasteiger charge is -2.36. The van der Waals surface area contributed by atoms with Gasteiger partial charge in [0.05, 0.1) is 4.90 Å². The van der Waals surface area contributed by atoms with E-state index in [1.807, 2.05) is 0 Å². The van der Waals surface area contributed by atoms with E-state index in [-0.39, 0.29) is 16.8 Å². The van der Waals surface area contributed by atoms with Crippen molar-refractivity contribution in [1.29, 1.82) is 0 Å². The minimum atomic E-state index is -3.65. The van der Waals surface area contributed by atoms with Crippen LogP contribution in [-0.4, -0.2) is 50.3 Å². The van der Waals surface area contributed by atoms with E-state index in [2.05, 4.69) is 17.6 Å². The lowest BCUT2D eigenvalue weighted by Crippen LogP contribution is -2.57. The van der Waals surface area contributed by atoms with Gasteiger partial charge in [-0.15, -0.1) is 0 Å². The fraction of sp³-hybridized carbons (Fsp3) is 0.611. The molecule has 2 heterocycles. The molecule has 2 N–H and O–H groups in total. The van der Waals surface area contributed by atoms with Crippen LogP contribution in [0.4, 0.5) is 0 Å². The summed E-state index contributed by atoms with van der Waals surface area (Å²) in [4.78, 5) is 13.1. The normalized spacial score (nSPS) is 28.4. The minimum absolute atomic E-state index is 0.0597. The molecular formula is C18H27N3O3S. The van der Waals surface area contributed by atoms with Gasteiger partial charge in [0, 0.05) is 19.1 Å². The van der Waals surface area contributed by atoms with Crippen molar-refractivity contribution in [2.45, 2.75) is 49.6 Å².